The van der Waals surface area contributed by atoms with E-state index in [1.54, 1.807) is 30.0 Å². The summed E-state index contributed by atoms with van der Waals surface area (Å²) < 4.78 is 29.7. The van der Waals surface area contributed by atoms with E-state index in [9.17, 15) is 23.2 Å². The van der Waals surface area contributed by atoms with Crippen molar-refractivity contribution in [3.8, 4) is 5.75 Å². The van der Waals surface area contributed by atoms with Crippen LogP contribution >= 0.6 is 0 Å². The van der Waals surface area contributed by atoms with Gasteiger partial charge in [-0.2, -0.15) is 8.78 Å². The fraction of sp³-hybridized carbons (Fsp3) is 0.550. The van der Waals surface area contributed by atoms with Crippen molar-refractivity contribution in [1.29, 1.82) is 0 Å². The maximum atomic E-state index is 12.7. The molecule has 2 saturated heterocycles. The lowest BCUT2D eigenvalue weighted by Gasteiger charge is -2.39. The van der Waals surface area contributed by atoms with Gasteiger partial charge in [-0.1, -0.05) is 18.2 Å². The predicted molar refractivity (Wildman–Crippen MR) is 100 cm³/mol. The topological polar surface area (TPSA) is 70.2 Å². The third-order valence-corrected chi connectivity index (χ3v) is 5.34. The largest absolute Gasteiger partial charge is 0.434 e. The molecule has 2 aliphatic rings. The van der Waals surface area contributed by atoms with Gasteiger partial charge in [-0.05, 0) is 25.8 Å². The SMILES string of the molecule is C[C@H]1C(=O)N(CCCN2CCCC2=O)CC(=O)N1Cc1ccccc1OC(F)F. The minimum absolute atomic E-state index is 0.00680. The Morgan fingerprint density at radius 2 is 1.83 bits per heavy atom. The number of rotatable bonds is 8. The summed E-state index contributed by atoms with van der Waals surface area (Å²) in [5.41, 5.74) is 0.418. The molecule has 1 atom stereocenters. The van der Waals surface area contributed by atoms with Crippen LogP contribution in [-0.2, 0) is 20.9 Å². The Kier molecular flexibility index (Phi) is 6.66. The molecule has 0 bridgehead atoms. The second-order valence-electron chi connectivity index (χ2n) is 7.28. The van der Waals surface area contributed by atoms with E-state index in [1.165, 1.54) is 15.9 Å². The van der Waals surface area contributed by atoms with Crippen LogP contribution < -0.4 is 4.74 Å². The number of piperazine rings is 1. The molecular formula is C20H25F2N3O4. The molecule has 9 heteroatoms. The number of para-hydroxylation sites is 1. The minimum atomic E-state index is -2.97. The summed E-state index contributed by atoms with van der Waals surface area (Å²) in [5, 5.41) is 0. The van der Waals surface area contributed by atoms with Crippen LogP contribution in [0.1, 0.15) is 31.7 Å². The Morgan fingerprint density at radius 1 is 1.10 bits per heavy atom. The Hall–Kier alpha value is -2.71. The molecule has 7 nitrogen and oxygen atoms in total. The van der Waals surface area contributed by atoms with E-state index < -0.39 is 12.7 Å². The van der Waals surface area contributed by atoms with Gasteiger partial charge in [0.1, 0.15) is 11.8 Å². The third-order valence-electron chi connectivity index (χ3n) is 5.34. The smallest absolute Gasteiger partial charge is 0.387 e. The van der Waals surface area contributed by atoms with E-state index in [4.69, 9.17) is 0 Å². The summed E-state index contributed by atoms with van der Waals surface area (Å²) >= 11 is 0. The number of ether oxygens (including phenoxy) is 1. The van der Waals surface area contributed by atoms with Crippen LogP contribution in [0.3, 0.4) is 0 Å². The van der Waals surface area contributed by atoms with Gasteiger partial charge in [0.05, 0.1) is 13.1 Å². The van der Waals surface area contributed by atoms with Gasteiger partial charge in [-0.3, -0.25) is 14.4 Å². The number of nitrogens with zero attached hydrogens (tertiary/aromatic N) is 3. The number of halogens is 2. The van der Waals surface area contributed by atoms with Crippen molar-refractivity contribution in [3.63, 3.8) is 0 Å². The van der Waals surface area contributed by atoms with Gasteiger partial charge in [-0.15, -0.1) is 0 Å². The fourth-order valence-electron chi connectivity index (χ4n) is 3.78. The third kappa shape index (κ3) is 5.02. The fourth-order valence-corrected chi connectivity index (χ4v) is 3.78. The number of carbonyl (C=O) groups is 3. The van der Waals surface area contributed by atoms with Gasteiger partial charge in [0.15, 0.2) is 0 Å². The first-order chi connectivity index (χ1) is 13.9. The molecule has 3 amide bonds. The molecule has 0 aliphatic carbocycles. The highest BCUT2D eigenvalue weighted by molar-refractivity contribution is 5.94. The standard InChI is InChI=1S/C20H25F2N3O4/c1-14-19(28)24(11-5-10-23-9-4-8-17(23)26)13-18(27)25(14)12-15-6-2-3-7-16(15)29-20(21)22/h2-3,6-7,14,20H,4-5,8-13H2,1H3/t14-/m0/s1. The first-order valence-corrected chi connectivity index (χ1v) is 9.75. The maximum absolute atomic E-state index is 12.7. The molecule has 29 heavy (non-hydrogen) atoms. The highest BCUT2D eigenvalue weighted by Gasteiger charge is 2.36. The number of amides is 3. The van der Waals surface area contributed by atoms with Crippen molar-refractivity contribution in [3.05, 3.63) is 29.8 Å². The summed E-state index contributed by atoms with van der Waals surface area (Å²) in [6.07, 6.45) is 2.05. The normalized spacial score (nSPS) is 20.2. The maximum Gasteiger partial charge on any atom is 0.387 e. The molecule has 158 valence electrons. The first-order valence-electron chi connectivity index (χ1n) is 9.75. The number of hydrogen-bond donors (Lipinski definition) is 0. The molecule has 3 rings (SSSR count). The van der Waals surface area contributed by atoms with E-state index in [1.807, 2.05) is 0 Å². The molecule has 0 unspecified atom stereocenters. The summed E-state index contributed by atoms with van der Waals surface area (Å²) in [6, 6.07) is 5.54. The van der Waals surface area contributed by atoms with E-state index in [0.29, 0.717) is 31.5 Å². The molecule has 0 spiro atoms. The average molecular weight is 409 g/mol. The molecule has 2 aliphatic heterocycles. The zero-order chi connectivity index (χ0) is 21.0. The summed E-state index contributed by atoms with van der Waals surface area (Å²) in [7, 11) is 0. The van der Waals surface area contributed by atoms with Crippen LogP contribution in [0.5, 0.6) is 5.75 Å². The average Bonchev–Trinajstić information content (AvgIpc) is 3.08. The molecule has 0 saturated carbocycles. The molecule has 0 aromatic heterocycles. The lowest BCUT2D eigenvalue weighted by molar-refractivity contribution is -0.155. The van der Waals surface area contributed by atoms with E-state index in [-0.39, 0.29) is 36.6 Å². The second-order valence-corrected chi connectivity index (χ2v) is 7.28. The predicted octanol–water partition coefficient (Wildman–Crippen LogP) is 1.86. The van der Waals surface area contributed by atoms with Gasteiger partial charge >= 0.3 is 6.61 Å². The highest BCUT2D eigenvalue weighted by atomic mass is 19.3. The van der Waals surface area contributed by atoms with Gasteiger partial charge in [-0.25, -0.2) is 0 Å². The monoisotopic (exact) mass is 409 g/mol. The number of alkyl halides is 2. The number of hydrogen-bond acceptors (Lipinski definition) is 4. The molecule has 1 aromatic carbocycles. The van der Waals surface area contributed by atoms with Crippen LogP contribution in [0.15, 0.2) is 24.3 Å². The molecule has 0 radical (unpaired) electrons. The zero-order valence-electron chi connectivity index (χ0n) is 16.4. The lowest BCUT2D eigenvalue weighted by atomic mass is 10.1. The molecule has 2 heterocycles. The Balaban J connectivity index is 1.59. The van der Waals surface area contributed by atoms with Crippen molar-refractivity contribution in [2.24, 2.45) is 0 Å². The minimum Gasteiger partial charge on any atom is -0.434 e. The van der Waals surface area contributed by atoms with Gasteiger partial charge in [0.25, 0.3) is 0 Å². The van der Waals surface area contributed by atoms with Gasteiger partial charge < -0.3 is 19.4 Å². The Bertz CT molecular complexity index is 774. The summed E-state index contributed by atoms with van der Waals surface area (Å²) in [6.45, 7) is 0.346. The number of likely N-dealkylation sites (tertiary alicyclic amines) is 1. The lowest BCUT2D eigenvalue weighted by Crippen LogP contribution is -2.58. The van der Waals surface area contributed by atoms with Crippen LogP contribution in [0.4, 0.5) is 8.78 Å². The summed E-state index contributed by atoms with van der Waals surface area (Å²) in [5.74, 6) is -0.311. The second kappa shape index (κ2) is 9.19. The Labute approximate surface area is 168 Å². The molecule has 0 N–H and O–H groups in total. The molecule has 2 fully saturated rings. The summed E-state index contributed by atoms with van der Waals surface area (Å²) in [4.78, 5) is 41.7. The highest BCUT2D eigenvalue weighted by Crippen LogP contribution is 2.24. The Morgan fingerprint density at radius 3 is 2.52 bits per heavy atom. The van der Waals surface area contributed by atoms with Crippen molar-refractivity contribution in [2.75, 3.05) is 26.2 Å². The van der Waals surface area contributed by atoms with E-state index >= 15 is 0 Å². The van der Waals surface area contributed by atoms with Crippen LogP contribution in [0.2, 0.25) is 0 Å². The first kappa shape index (κ1) is 21.0. The quantitative estimate of drug-likeness (QED) is 0.657. The van der Waals surface area contributed by atoms with Gasteiger partial charge in [0, 0.05) is 31.6 Å². The van der Waals surface area contributed by atoms with E-state index in [2.05, 4.69) is 4.74 Å². The van der Waals surface area contributed by atoms with Crippen LogP contribution in [0.25, 0.3) is 0 Å². The van der Waals surface area contributed by atoms with Crippen LogP contribution in [0, 0.1) is 0 Å². The molecule has 1 aromatic rings. The van der Waals surface area contributed by atoms with Gasteiger partial charge in [0.2, 0.25) is 17.7 Å². The van der Waals surface area contributed by atoms with Crippen molar-refractivity contribution in [2.45, 2.75) is 45.4 Å². The van der Waals surface area contributed by atoms with Crippen molar-refractivity contribution >= 4 is 17.7 Å². The zero-order valence-corrected chi connectivity index (χ0v) is 16.4. The van der Waals surface area contributed by atoms with E-state index in [0.717, 1.165) is 13.0 Å². The van der Waals surface area contributed by atoms with Crippen LogP contribution in [-0.4, -0.2) is 71.3 Å². The molecular weight excluding hydrogens is 384 g/mol. The number of benzene rings is 1. The van der Waals surface area contributed by atoms with Crippen molar-refractivity contribution in [1.82, 2.24) is 14.7 Å². The number of carbonyl (C=O) groups excluding carboxylic acids is 3. The van der Waals surface area contributed by atoms with Crippen molar-refractivity contribution < 1.29 is 27.9 Å².